The fraction of sp³-hybridized carbons (Fsp3) is 0.409. The predicted molar refractivity (Wildman–Crippen MR) is 121 cm³/mol. The number of anilines is 1. The van der Waals surface area contributed by atoms with E-state index in [9.17, 15) is 9.00 Å². The zero-order valence-corrected chi connectivity index (χ0v) is 19.4. The zero-order valence-electron chi connectivity index (χ0n) is 17.8. The van der Waals surface area contributed by atoms with E-state index >= 15 is 0 Å². The van der Waals surface area contributed by atoms with E-state index in [4.69, 9.17) is 26.2 Å². The molecule has 1 amide bonds. The van der Waals surface area contributed by atoms with Crippen molar-refractivity contribution in [2.75, 3.05) is 45.4 Å². The summed E-state index contributed by atoms with van der Waals surface area (Å²) in [4.78, 5) is 16.6. The first-order chi connectivity index (χ1) is 14.9. The van der Waals surface area contributed by atoms with Gasteiger partial charge in [0.15, 0.2) is 0 Å². The number of ether oxygens (including phenoxy) is 2. The van der Waals surface area contributed by atoms with Crippen molar-refractivity contribution in [1.82, 2.24) is 4.90 Å². The largest absolute Gasteiger partial charge is 0.497 e. The molecule has 0 aliphatic carbocycles. The standard InChI is InChI=1S/C22H27ClN2O5S/c1-15(27)25-19-7-5-16(23)13-21(19)31(28)22(25)18-14-17(29-3)6-8-20(18)30-12-4-9-24(2)10-11-26/h5-8,13-14,22,26H,4,9-12H2,1-3H3. The van der Waals surface area contributed by atoms with E-state index in [1.165, 1.54) is 11.8 Å². The Morgan fingerprint density at radius 3 is 2.71 bits per heavy atom. The maximum absolute atomic E-state index is 13.4. The number of amides is 1. The molecular weight excluding hydrogens is 440 g/mol. The molecule has 2 aromatic carbocycles. The lowest BCUT2D eigenvalue weighted by molar-refractivity contribution is -0.116. The van der Waals surface area contributed by atoms with Crippen LogP contribution in [0.4, 0.5) is 5.69 Å². The molecule has 31 heavy (non-hydrogen) atoms. The van der Waals surface area contributed by atoms with Crippen molar-refractivity contribution in [3.8, 4) is 11.5 Å². The number of aliphatic hydroxyl groups is 1. The molecule has 0 saturated carbocycles. The number of halogens is 1. The molecule has 168 valence electrons. The number of carbonyl (C=O) groups is 1. The Morgan fingerprint density at radius 1 is 1.26 bits per heavy atom. The number of likely N-dealkylation sites (N-methyl/N-ethyl adjacent to an activating group) is 1. The van der Waals surface area contributed by atoms with Crippen LogP contribution in [0.1, 0.15) is 24.3 Å². The first-order valence-corrected chi connectivity index (χ1v) is 11.6. The van der Waals surface area contributed by atoms with E-state index in [1.54, 1.807) is 43.5 Å². The Hall–Kier alpha value is -2.13. The van der Waals surface area contributed by atoms with Crippen LogP contribution in [0.5, 0.6) is 11.5 Å². The molecule has 0 radical (unpaired) electrons. The van der Waals surface area contributed by atoms with Gasteiger partial charge in [0.2, 0.25) is 5.91 Å². The second-order valence-corrected chi connectivity index (χ2v) is 9.20. The predicted octanol–water partition coefficient (Wildman–Crippen LogP) is 3.21. The minimum atomic E-state index is -1.54. The van der Waals surface area contributed by atoms with Crippen LogP contribution in [-0.2, 0) is 15.6 Å². The van der Waals surface area contributed by atoms with Crippen molar-refractivity contribution in [3.05, 3.63) is 47.0 Å². The fourth-order valence-corrected chi connectivity index (χ4v) is 5.52. The Kier molecular flexibility index (Phi) is 7.94. The van der Waals surface area contributed by atoms with Gasteiger partial charge >= 0.3 is 0 Å². The Morgan fingerprint density at radius 2 is 2.03 bits per heavy atom. The number of nitrogens with zero attached hydrogens (tertiary/aromatic N) is 2. The number of aliphatic hydroxyl groups excluding tert-OH is 1. The lowest BCUT2D eigenvalue weighted by Crippen LogP contribution is -2.31. The minimum Gasteiger partial charge on any atom is -0.497 e. The van der Waals surface area contributed by atoms with Crippen LogP contribution in [0, 0.1) is 0 Å². The second-order valence-electron chi connectivity index (χ2n) is 7.28. The highest BCUT2D eigenvalue weighted by molar-refractivity contribution is 7.86. The molecular formula is C22H27ClN2O5S. The molecule has 3 rings (SSSR count). The molecule has 1 aliphatic heterocycles. The summed E-state index contributed by atoms with van der Waals surface area (Å²) in [6, 6.07) is 10.4. The van der Waals surface area contributed by atoms with Crippen LogP contribution in [-0.4, -0.2) is 60.6 Å². The van der Waals surface area contributed by atoms with Gasteiger partial charge in [0.05, 0.1) is 41.7 Å². The minimum absolute atomic E-state index is 0.110. The van der Waals surface area contributed by atoms with E-state index in [-0.39, 0.29) is 12.5 Å². The summed E-state index contributed by atoms with van der Waals surface area (Å²) in [7, 11) is 1.95. The third-order valence-corrected chi connectivity index (χ3v) is 6.95. The van der Waals surface area contributed by atoms with Crippen molar-refractivity contribution in [2.45, 2.75) is 23.6 Å². The summed E-state index contributed by atoms with van der Waals surface area (Å²) >= 11 is 6.12. The van der Waals surface area contributed by atoms with Crippen molar-refractivity contribution in [2.24, 2.45) is 0 Å². The molecule has 0 saturated heterocycles. The molecule has 1 N–H and O–H groups in total. The number of hydrogen-bond acceptors (Lipinski definition) is 6. The zero-order chi connectivity index (χ0) is 22.5. The molecule has 2 atom stereocenters. The molecule has 0 spiro atoms. The fourth-order valence-electron chi connectivity index (χ4n) is 3.56. The van der Waals surface area contributed by atoms with Crippen LogP contribution >= 0.6 is 11.6 Å². The maximum Gasteiger partial charge on any atom is 0.225 e. The summed E-state index contributed by atoms with van der Waals surface area (Å²) in [6.07, 6.45) is 0.752. The summed E-state index contributed by atoms with van der Waals surface area (Å²) in [5.41, 5.74) is 1.20. The summed E-state index contributed by atoms with van der Waals surface area (Å²) < 4.78 is 24.8. The van der Waals surface area contributed by atoms with Gasteiger partial charge in [0.25, 0.3) is 0 Å². The van der Waals surface area contributed by atoms with Gasteiger partial charge in [-0.2, -0.15) is 0 Å². The monoisotopic (exact) mass is 466 g/mol. The summed E-state index contributed by atoms with van der Waals surface area (Å²) in [6.45, 7) is 3.37. The van der Waals surface area contributed by atoms with Crippen LogP contribution in [0.3, 0.4) is 0 Å². The molecule has 2 unspecified atom stereocenters. The average Bonchev–Trinajstić information content (AvgIpc) is 3.03. The second kappa shape index (κ2) is 10.5. The molecule has 7 nitrogen and oxygen atoms in total. The Labute approximate surface area is 190 Å². The smallest absolute Gasteiger partial charge is 0.225 e. The lowest BCUT2D eigenvalue weighted by Gasteiger charge is -2.25. The average molecular weight is 467 g/mol. The molecule has 2 aromatic rings. The van der Waals surface area contributed by atoms with E-state index in [1.807, 2.05) is 11.9 Å². The highest BCUT2D eigenvalue weighted by atomic mass is 35.5. The quantitative estimate of drug-likeness (QED) is 0.572. The Balaban J connectivity index is 1.91. The van der Waals surface area contributed by atoms with E-state index in [0.717, 1.165) is 13.0 Å². The number of methoxy groups -OCH3 is 1. The molecule has 0 fully saturated rings. The summed E-state index contributed by atoms with van der Waals surface area (Å²) in [5.74, 6) is 0.910. The van der Waals surface area contributed by atoms with Crippen LogP contribution in [0.2, 0.25) is 5.02 Å². The van der Waals surface area contributed by atoms with E-state index < -0.39 is 16.2 Å². The van der Waals surface area contributed by atoms with Crippen molar-refractivity contribution < 1.29 is 23.6 Å². The van der Waals surface area contributed by atoms with Crippen LogP contribution in [0.15, 0.2) is 41.3 Å². The normalized spacial score (nSPS) is 17.7. The van der Waals surface area contributed by atoms with Gasteiger partial charge in [-0.05, 0) is 49.9 Å². The number of hydrogen-bond donors (Lipinski definition) is 1. The first-order valence-electron chi connectivity index (χ1n) is 9.97. The van der Waals surface area contributed by atoms with Gasteiger partial charge in [-0.25, -0.2) is 0 Å². The number of benzene rings is 2. The van der Waals surface area contributed by atoms with Gasteiger partial charge in [-0.1, -0.05) is 11.6 Å². The highest BCUT2D eigenvalue weighted by Crippen LogP contribution is 2.47. The molecule has 1 heterocycles. The molecule has 0 aromatic heterocycles. The number of fused-ring (bicyclic) bond motifs is 1. The lowest BCUT2D eigenvalue weighted by atomic mass is 10.1. The van der Waals surface area contributed by atoms with Gasteiger partial charge in [-0.3, -0.25) is 13.9 Å². The van der Waals surface area contributed by atoms with Crippen molar-refractivity contribution in [1.29, 1.82) is 0 Å². The third-order valence-electron chi connectivity index (χ3n) is 5.08. The van der Waals surface area contributed by atoms with E-state index in [0.29, 0.717) is 45.8 Å². The van der Waals surface area contributed by atoms with Gasteiger partial charge < -0.3 is 19.5 Å². The molecule has 0 bridgehead atoms. The number of carbonyl (C=O) groups excluding carboxylic acids is 1. The highest BCUT2D eigenvalue weighted by Gasteiger charge is 2.41. The van der Waals surface area contributed by atoms with Gasteiger partial charge in [0, 0.05) is 30.6 Å². The third kappa shape index (κ3) is 5.20. The van der Waals surface area contributed by atoms with Crippen molar-refractivity contribution >= 4 is 34.0 Å². The maximum atomic E-state index is 13.4. The van der Waals surface area contributed by atoms with Crippen molar-refractivity contribution in [3.63, 3.8) is 0 Å². The molecule has 1 aliphatic rings. The first kappa shape index (κ1) is 23.5. The summed E-state index contributed by atoms with van der Waals surface area (Å²) in [5, 5.41) is 8.73. The van der Waals surface area contributed by atoms with Crippen LogP contribution in [0.25, 0.3) is 0 Å². The van der Waals surface area contributed by atoms with Crippen LogP contribution < -0.4 is 14.4 Å². The van der Waals surface area contributed by atoms with E-state index in [2.05, 4.69) is 0 Å². The Bertz CT molecular complexity index is 971. The topological polar surface area (TPSA) is 79.3 Å². The van der Waals surface area contributed by atoms with Gasteiger partial charge in [-0.15, -0.1) is 0 Å². The molecule has 9 heteroatoms. The number of rotatable bonds is 9. The van der Waals surface area contributed by atoms with Gasteiger partial charge in [0.1, 0.15) is 16.9 Å². The SMILES string of the molecule is COc1ccc(OCCCN(C)CCO)c(C2N(C(C)=O)c3ccc(Cl)cc3S2=O)c1.